The fourth-order valence-electron chi connectivity index (χ4n) is 2.02. The first-order chi connectivity index (χ1) is 12.9. The van der Waals surface area contributed by atoms with Gasteiger partial charge in [0, 0.05) is 6.07 Å². The number of aromatic hydroxyl groups is 1. The molecule has 0 spiro atoms. The lowest BCUT2D eigenvalue weighted by Gasteiger charge is -2.08. The second-order valence-electron chi connectivity index (χ2n) is 5.09. The predicted molar refractivity (Wildman–Crippen MR) is 106 cm³/mol. The van der Waals surface area contributed by atoms with E-state index in [2.05, 4.69) is 10.5 Å². The number of halogens is 1. The van der Waals surface area contributed by atoms with Crippen molar-refractivity contribution in [3.8, 4) is 17.2 Å². The van der Waals surface area contributed by atoms with Gasteiger partial charge in [0.2, 0.25) is 0 Å². The summed E-state index contributed by atoms with van der Waals surface area (Å²) in [6.07, 6.45) is 1.38. The van der Waals surface area contributed by atoms with E-state index in [0.29, 0.717) is 21.5 Å². The number of para-hydroxylation sites is 2. The van der Waals surface area contributed by atoms with Crippen LogP contribution in [-0.2, 0) is 4.79 Å². The molecule has 2 aromatic rings. The van der Waals surface area contributed by atoms with Gasteiger partial charge in [0.15, 0.2) is 23.9 Å². The van der Waals surface area contributed by atoms with Crippen LogP contribution in [0.25, 0.3) is 0 Å². The van der Waals surface area contributed by atoms with Crippen LogP contribution in [0.4, 0.5) is 5.69 Å². The molecule has 0 saturated carbocycles. The van der Waals surface area contributed by atoms with E-state index in [9.17, 15) is 20.0 Å². The van der Waals surface area contributed by atoms with Crippen LogP contribution < -0.4 is 14.9 Å². The molecule has 2 aromatic carbocycles. The third-order valence-electron chi connectivity index (χ3n) is 3.17. The van der Waals surface area contributed by atoms with Gasteiger partial charge in [-0.05, 0) is 53.3 Å². The van der Waals surface area contributed by atoms with E-state index in [-0.39, 0.29) is 17.2 Å². The van der Waals surface area contributed by atoms with Crippen molar-refractivity contribution in [2.45, 2.75) is 6.92 Å². The number of phenolic OH excluding ortho intramolecular Hbond substituents is 1. The van der Waals surface area contributed by atoms with Gasteiger partial charge in [-0.15, -0.1) is 0 Å². The molecular formula is C17H16IN3O6. The van der Waals surface area contributed by atoms with Crippen molar-refractivity contribution in [1.29, 1.82) is 0 Å². The van der Waals surface area contributed by atoms with E-state index in [0.717, 1.165) is 0 Å². The van der Waals surface area contributed by atoms with E-state index in [1.165, 1.54) is 24.4 Å². The van der Waals surface area contributed by atoms with E-state index in [1.54, 1.807) is 25.1 Å². The molecule has 0 radical (unpaired) electrons. The predicted octanol–water partition coefficient (Wildman–Crippen LogP) is 2.83. The Balaban J connectivity index is 1.95. The van der Waals surface area contributed by atoms with Crippen molar-refractivity contribution in [3.63, 3.8) is 0 Å². The summed E-state index contributed by atoms with van der Waals surface area (Å²) in [5.41, 5.74) is 2.65. The third-order valence-corrected chi connectivity index (χ3v) is 4.00. The number of nitrogens with zero attached hydrogens (tertiary/aromatic N) is 2. The molecule has 2 rings (SSSR count). The number of benzene rings is 2. The van der Waals surface area contributed by atoms with Crippen LogP contribution in [0.15, 0.2) is 41.5 Å². The summed E-state index contributed by atoms with van der Waals surface area (Å²) in [7, 11) is 0. The van der Waals surface area contributed by atoms with Gasteiger partial charge in [-0.2, -0.15) is 5.10 Å². The number of hydrazone groups is 1. The summed E-state index contributed by atoms with van der Waals surface area (Å²) in [6.45, 7) is 1.76. The molecule has 0 aliphatic rings. The van der Waals surface area contributed by atoms with Crippen molar-refractivity contribution < 1.29 is 24.3 Å². The standard InChI is InChI=1S/C17H16IN3O6/c1-2-26-15-8-11(7-12(18)17(15)23)9-19-20-16(22)10-27-14-6-4-3-5-13(14)21(24)25/h3-9,23H,2,10H2,1H3,(H,20,22)/b19-9+. The average Bonchev–Trinajstić information content (AvgIpc) is 2.64. The van der Waals surface area contributed by atoms with Crippen molar-refractivity contribution in [1.82, 2.24) is 5.43 Å². The fraction of sp³-hybridized carbons (Fsp3) is 0.176. The summed E-state index contributed by atoms with van der Waals surface area (Å²) in [5, 5.41) is 24.6. The van der Waals surface area contributed by atoms with E-state index in [4.69, 9.17) is 9.47 Å². The van der Waals surface area contributed by atoms with Gasteiger partial charge in [-0.3, -0.25) is 14.9 Å². The summed E-state index contributed by atoms with van der Waals surface area (Å²) in [4.78, 5) is 22.1. The number of phenols is 1. The lowest BCUT2D eigenvalue weighted by molar-refractivity contribution is -0.385. The summed E-state index contributed by atoms with van der Waals surface area (Å²) >= 11 is 1.95. The molecule has 27 heavy (non-hydrogen) atoms. The molecule has 1 amide bonds. The number of nitrogens with one attached hydrogen (secondary N) is 1. The average molecular weight is 485 g/mol. The third kappa shape index (κ3) is 5.81. The van der Waals surface area contributed by atoms with Gasteiger partial charge < -0.3 is 14.6 Å². The fourth-order valence-corrected chi connectivity index (χ4v) is 2.64. The SMILES string of the molecule is CCOc1cc(/C=N/NC(=O)COc2ccccc2[N+](=O)[O-])cc(I)c1O. The smallest absolute Gasteiger partial charge is 0.310 e. The zero-order valence-electron chi connectivity index (χ0n) is 14.2. The van der Waals surface area contributed by atoms with Crippen molar-refractivity contribution in [2.24, 2.45) is 5.10 Å². The molecular weight excluding hydrogens is 469 g/mol. The summed E-state index contributed by atoms with van der Waals surface area (Å²) in [5.74, 6) is -0.229. The van der Waals surface area contributed by atoms with E-state index in [1.807, 2.05) is 22.6 Å². The largest absolute Gasteiger partial charge is 0.504 e. The summed E-state index contributed by atoms with van der Waals surface area (Å²) < 4.78 is 11.1. The molecule has 142 valence electrons. The number of amides is 1. The molecule has 0 bridgehead atoms. The maximum absolute atomic E-state index is 11.8. The first-order valence-corrected chi connectivity index (χ1v) is 8.83. The highest BCUT2D eigenvalue weighted by Crippen LogP contribution is 2.32. The second-order valence-corrected chi connectivity index (χ2v) is 6.25. The van der Waals surface area contributed by atoms with E-state index < -0.39 is 17.4 Å². The maximum atomic E-state index is 11.8. The molecule has 0 aliphatic carbocycles. The Morgan fingerprint density at radius 3 is 2.78 bits per heavy atom. The van der Waals surface area contributed by atoms with Crippen molar-refractivity contribution in [2.75, 3.05) is 13.2 Å². The number of nitro groups is 1. The number of carbonyl (C=O) groups excluding carboxylic acids is 1. The molecule has 0 aliphatic heterocycles. The van der Waals surface area contributed by atoms with Crippen LogP contribution in [0.5, 0.6) is 17.2 Å². The van der Waals surface area contributed by atoms with Crippen LogP contribution >= 0.6 is 22.6 Å². The lowest BCUT2D eigenvalue weighted by Crippen LogP contribution is -2.24. The Bertz CT molecular complexity index is 872. The number of nitro benzene ring substituents is 1. The molecule has 10 heteroatoms. The van der Waals surface area contributed by atoms with Crippen molar-refractivity contribution >= 4 is 40.4 Å². The number of rotatable bonds is 8. The highest BCUT2D eigenvalue weighted by Gasteiger charge is 2.14. The number of hydrogen-bond acceptors (Lipinski definition) is 7. The first-order valence-electron chi connectivity index (χ1n) is 7.75. The van der Waals surface area contributed by atoms with Crippen LogP contribution in [-0.4, -0.2) is 35.4 Å². The number of ether oxygens (including phenoxy) is 2. The van der Waals surface area contributed by atoms with Gasteiger partial charge >= 0.3 is 5.69 Å². The maximum Gasteiger partial charge on any atom is 0.310 e. The highest BCUT2D eigenvalue weighted by atomic mass is 127. The Kier molecular flexibility index (Phi) is 7.34. The van der Waals surface area contributed by atoms with Crippen LogP contribution in [0.3, 0.4) is 0 Å². The summed E-state index contributed by atoms with van der Waals surface area (Å²) in [6, 6.07) is 9.01. The van der Waals surface area contributed by atoms with Crippen LogP contribution in [0.1, 0.15) is 12.5 Å². The monoisotopic (exact) mass is 485 g/mol. The van der Waals surface area contributed by atoms with E-state index >= 15 is 0 Å². The molecule has 0 saturated heterocycles. The minimum Gasteiger partial charge on any atom is -0.504 e. The number of carbonyl (C=O) groups is 1. The highest BCUT2D eigenvalue weighted by molar-refractivity contribution is 14.1. The Labute approximate surface area is 168 Å². The van der Waals surface area contributed by atoms with Crippen LogP contribution in [0, 0.1) is 13.7 Å². The second kappa shape index (κ2) is 9.71. The van der Waals surface area contributed by atoms with Gasteiger partial charge in [0.1, 0.15) is 0 Å². The normalized spacial score (nSPS) is 10.6. The number of hydrogen-bond donors (Lipinski definition) is 2. The van der Waals surface area contributed by atoms with Crippen molar-refractivity contribution in [3.05, 3.63) is 55.6 Å². The molecule has 0 fully saturated rings. The Hall–Kier alpha value is -2.89. The zero-order valence-corrected chi connectivity index (χ0v) is 16.4. The van der Waals surface area contributed by atoms with Gasteiger partial charge in [-0.25, -0.2) is 5.43 Å². The quantitative estimate of drug-likeness (QED) is 0.257. The molecule has 9 nitrogen and oxygen atoms in total. The van der Waals surface area contributed by atoms with Gasteiger partial charge in [-0.1, -0.05) is 12.1 Å². The topological polar surface area (TPSA) is 123 Å². The molecule has 0 heterocycles. The lowest BCUT2D eigenvalue weighted by atomic mass is 10.2. The molecule has 0 unspecified atom stereocenters. The molecule has 0 atom stereocenters. The minimum atomic E-state index is -0.589. The van der Waals surface area contributed by atoms with Gasteiger partial charge in [0.25, 0.3) is 5.91 Å². The first kappa shape index (κ1) is 20.4. The Morgan fingerprint density at radius 1 is 1.33 bits per heavy atom. The zero-order chi connectivity index (χ0) is 19.8. The minimum absolute atomic E-state index is 0.00364. The molecule has 0 aromatic heterocycles. The Morgan fingerprint density at radius 2 is 2.07 bits per heavy atom. The molecule has 2 N–H and O–H groups in total. The van der Waals surface area contributed by atoms with Crippen LogP contribution in [0.2, 0.25) is 0 Å². The van der Waals surface area contributed by atoms with Gasteiger partial charge in [0.05, 0.1) is 21.3 Å².